The molecule has 1 N–H and O–H groups in total. The fourth-order valence-corrected chi connectivity index (χ4v) is 6.92. The normalized spacial score (nSPS) is 31.9. The molecule has 0 spiro atoms. The number of rotatable bonds is 3. The molecule has 1 aliphatic heterocycles. The number of hydrogen-bond acceptors (Lipinski definition) is 5. The number of carbonyl (C=O) groups is 3. The average molecular weight is 471 g/mol. The molecule has 0 bridgehead atoms. The highest BCUT2D eigenvalue weighted by atomic mass is 16.5. The summed E-state index contributed by atoms with van der Waals surface area (Å²) in [5.41, 5.74) is 2.70. The van der Waals surface area contributed by atoms with Gasteiger partial charge >= 0.3 is 0 Å². The number of fused-ring (bicyclic) bond motifs is 4. The first-order valence-corrected chi connectivity index (χ1v) is 12.6. The third-order valence-electron chi connectivity index (χ3n) is 8.72. The van der Waals surface area contributed by atoms with E-state index in [-0.39, 0.29) is 46.7 Å². The van der Waals surface area contributed by atoms with Gasteiger partial charge in [-0.25, -0.2) is 0 Å². The van der Waals surface area contributed by atoms with Crippen LogP contribution >= 0.6 is 0 Å². The van der Waals surface area contributed by atoms with Crippen molar-refractivity contribution in [1.82, 2.24) is 10.3 Å². The summed E-state index contributed by atoms with van der Waals surface area (Å²) in [6.45, 7) is 4.21. The first-order valence-electron chi connectivity index (χ1n) is 12.6. The minimum Gasteiger partial charge on any atom is -0.489 e. The molecule has 1 aromatic heterocycles. The Labute approximate surface area is 204 Å². The van der Waals surface area contributed by atoms with E-state index in [9.17, 15) is 14.4 Å². The third-order valence-corrected chi connectivity index (χ3v) is 8.72. The number of ketones is 2. The molecule has 2 heterocycles. The SMILES string of the molecule is CC(=O)NCC1CC(=O)C2=C(C1)O[C@@H]1C(=C2)CC[C@]2(C)[C@@H](c3ccc4ccncc4c3)C(=O)C[C@@H]12. The Kier molecular flexibility index (Phi) is 5.17. The van der Waals surface area contributed by atoms with Gasteiger partial charge in [0.05, 0.1) is 5.57 Å². The van der Waals surface area contributed by atoms with Crippen LogP contribution in [0.1, 0.15) is 57.4 Å². The van der Waals surface area contributed by atoms with Crippen molar-refractivity contribution in [2.75, 3.05) is 6.54 Å². The molecule has 2 aromatic rings. The lowest BCUT2D eigenvalue weighted by Crippen LogP contribution is -2.44. The first-order chi connectivity index (χ1) is 16.8. The maximum atomic E-state index is 13.5. The van der Waals surface area contributed by atoms with Gasteiger partial charge in [-0.2, -0.15) is 0 Å². The van der Waals surface area contributed by atoms with Crippen LogP contribution in [-0.4, -0.2) is 35.1 Å². The number of amides is 1. The Morgan fingerprint density at radius 3 is 2.86 bits per heavy atom. The first kappa shape index (κ1) is 22.2. The van der Waals surface area contributed by atoms with E-state index in [2.05, 4.69) is 41.5 Å². The lowest BCUT2D eigenvalue weighted by Gasteiger charge is -2.47. The molecule has 1 aromatic carbocycles. The van der Waals surface area contributed by atoms with Crippen molar-refractivity contribution in [2.24, 2.45) is 17.3 Å². The quantitative estimate of drug-likeness (QED) is 0.719. The number of aromatic nitrogens is 1. The molecule has 35 heavy (non-hydrogen) atoms. The van der Waals surface area contributed by atoms with Crippen molar-refractivity contribution >= 4 is 28.2 Å². The molecule has 2 fully saturated rings. The van der Waals surface area contributed by atoms with Gasteiger partial charge in [0, 0.05) is 62.3 Å². The van der Waals surface area contributed by atoms with Gasteiger partial charge in [0.15, 0.2) is 5.78 Å². The number of nitrogens with one attached hydrogen (secondary N) is 1. The molecule has 1 unspecified atom stereocenters. The van der Waals surface area contributed by atoms with Crippen LogP contribution in [0.25, 0.3) is 10.8 Å². The highest BCUT2D eigenvalue weighted by molar-refractivity contribution is 6.00. The zero-order valence-corrected chi connectivity index (χ0v) is 20.2. The van der Waals surface area contributed by atoms with E-state index in [1.54, 1.807) is 6.20 Å². The van der Waals surface area contributed by atoms with Crippen LogP contribution < -0.4 is 5.32 Å². The zero-order valence-electron chi connectivity index (χ0n) is 20.2. The fourth-order valence-electron chi connectivity index (χ4n) is 6.92. The minimum atomic E-state index is -0.207. The maximum Gasteiger partial charge on any atom is 0.216 e. The Hall–Kier alpha value is -3.28. The van der Waals surface area contributed by atoms with Gasteiger partial charge in [0.2, 0.25) is 5.91 Å². The fraction of sp³-hybridized carbons (Fsp3) is 0.448. The minimum absolute atomic E-state index is 0.0410. The van der Waals surface area contributed by atoms with Crippen LogP contribution in [0.4, 0.5) is 0 Å². The summed E-state index contributed by atoms with van der Waals surface area (Å²) in [7, 11) is 0. The topological polar surface area (TPSA) is 85.4 Å². The van der Waals surface area contributed by atoms with Gasteiger partial charge in [-0.3, -0.25) is 19.4 Å². The largest absolute Gasteiger partial charge is 0.489 e. The second-order valence-corrected chi connectivity index (χ2v) is 10.9. The Balaban J connectivity index is 1.29. The van der Waals surface area contributed by atoms with Crippen molar-refractivity contribution in [3.05, 3.63) is 65.2 Å². The van der Waals surface area contributed by atoms with Gasteiger partial charge in [-0.1, -0.05) is 19.1 Å². The summed E-state index contributed by atoms with van der Waals surface area (Å²) in [4.78, 5) is 42.0. The van der Waals surface area contributed by atoms with Gasteiger partial charge in [-0.15, -0.1) is 0 Å². The third kappa shape index (κ3) is 3.62. The summed E-state index contributed by atoms with van der Waals surface area (Å²) in [6, 6.07) is 8.29. The lowest BCUT2D eigenvalue weighted by molar-refractivity contribution is -0.121. The summed E-state index contributed by atoms with van der Waals surface area (Å²) in [6.07, 6.45) is 8.80. The van der Waals surface area contributed by atoms with Crippen LogP contribution in [-0.2, 0) is 19.1 Å². The van der Waals surface area contributed by atoms with Crippen molar-refractivity contribution < 1.29 is 19.1 Å². The van der Waals surface area contributed by atoms with Crippen molar-refractivity contribution in [3.63, 3.8) is 0 Å². The standard InChI is InChI=1S/C29H30N2O4/c1-16(32)31-14-17-9-24(33)22-12-20-5-7-29(2)23(28(20)35-26(22)10-17)13-25(34)27(29)19-4-3-18-6-8-30-15-21(18)11-19/h3-4,6,8,11-12,15,17,23,27-28H,5,7,9-10,13-14H2,1-2H3,(H,31,32)/t17?,23-,27-,28+,29-/m0/s1. The van der Waals surface area contributed by atoms with Crippen molar-refractivity contribution in [2.45, 2.75) is 58.0 Å². The van der Waals surface area contributed by atoms with E-state index in [0.717, 1.165) is 40.5 Å². The van der Waals surface area contributed by atoms with Crippen LogP contribution in [0.2, 0.25) is 0 Å². The molecule has 0 radical (unpaired) electrons. The number of ether oxygens (including phenoxy) is 1. The molecule has 4 aliphatic rings. The second-order valence-electron chi connectivity index (χ2n) is 10.9. The van der Waals surface area contributed by atoms with Crippen molar-refractivity contribution in [3.8, 4) is 0 Å². The number of carbonyl (C=O) groups excluding carboxylic acids is 3. The van der Waals surface area contributed by atoms with Gasteiger partial charge in [0.25, 0.3) is 0 Å². The molecular formula is C29H30N2O4. The number of allylic oxidation sites excluding steroid dienone is 3. The molecule has 0 saturated heterocycles. The lowest BCUT2D eigenvalue weighted by atomic mass is 9.61. The molecule has 180 valence electrons. The van der Waals surface area contributed by atoms with Crippen LogP contribution in [0.3, 0.4) is 0 Å². The number of pyridine rings is 1. The maximum absolute atomic E-state index is 13.5. The number of nitrogens with zero attached hydrogens (tertiary/aromatic N) is 1. The van der Waals surface area contributed by atoms with E-state index in [1.165, 1.54) is 6.92 Å². The summed E-state index contributed by atoms with van der Waals surface area (Å²) in [5.74, 6) is 0.954. The highest BCUT2D eigenvalue weighted by Gasteiger charge is 2.58. The van der Waals surface area contributed by atoms with Gasteiger partial charge in [-0.05, 0) is 58.9 Å². The summed E-state index contributed by atoms with van der Waals surface area (Å²) in [5, 5.41) is 5.01. The van der Waals surface area contributed by atoms with E-state index in [4.69, 9.17) is 4.74 Å². The predicted molar refractivity (Wildman–Crippen MR) is 131 cm³/mol. The van der Waals surface area contributed by atoms with E-state index in [1.807, 2.05) is 12.3 Å². The van der Waals surface area contributed by atoms with E-state index in [0.29, 0.717) is 31.4 Å². The van der Waals surface area contributed by atoms with Crippen LogP contribution in [0, 0.1) is 17.3 Å². The number of hydrogen-bond donors (Lipinski definition) is 1. The monoisotopic (exact) mass is 470 g/mol. The molecular weight excluding hydrogens is 440 g/mol. The number of Topliss-reactive ketones (excluding diaryl/α,β-unsaturated/α-hetero) is 2. The molecule has 5 atom stereocenters. The predicted octanol–water partition coefficient (Wildman–Crippen LogP) is 4.40. The second kappa shape index (κ2) is 8.14. The molecule has 3 aliphatic carbocycles. The Bertz CT molecular complexity index is 1320. The van der Waals surface area contributed by atoms with Gasteiger partial charge < -0.3 is 10.1 Å². The molecule has 6 heteroatoms. The summed E-state index contributed by atoms with van der Waals surface area (Å²) >= 11 is 0. The van der Waals surface area contributed by atoms with E-state index >= 15 is 0 Å². The average Bonchev–Trinajstić information content (AvgIpc) is 3.12. The molecule has 6 rings (SSSR count). The number of benzene rings is 1. The van der Waals surface area contributed by atoms with Crippen LogP contribution in [0.5, 0.6) is 0 Å². The van der Waals surface area contributed by atoms with Gasteiger partial charge in [0.1, 0.15) is 17.6 Å². The van der Waals surface area contributed by atoms with Crippen LogP contribution in [0.15, 0.2) is 59.6 Å². The molecule has 1 amide bonds. The molecule has 6 nitrogen and oxygen atoms in total. The smallest absolute Gasteiger partial charge is 0.216 e. The van der Waals surface area contributed by atoms with Crippen molar-refractivity contribution in [1.29, 1.82) is 0 Å². The van der Waals surface area contributed by atoms with E-state index < -0.39 is 0 Å². The zero-order chi connectivity index (χ0) is 24.3. The Morgan fingerprint density at radius 1 is 1.17 bits per heavy atom. The molecule has 2 saturated carbocycles. The highest BCUT2D eigenvalue weighted by Crippen LogP contribution is 2.60. The summed E-state index contributed by atoms with van der Waals surface area (Å²) < 4.78 is 6.60. The Morgan fingerprint density at radius 2 is 2.03 bits per heavy atom.